The van der Waals surface area contributed by atoms with E-state index in [0.717, 1.165) is 22.8 Å². The molecule has 2 aromatic heterocycles. The minimum absolute atomic E-state index is 0.249. The molecule has 0 atom stereocenters. The van der Waals surface area contributed by atoms with Crippen LogP contribution in [0.2, 0.25) is 5.15 Å². The molecule has 6 nitrogen and oxygen atoms in total. The van der Waals surface area contributed by atoms with Gasteiger partial charge in [0.2, 0.25) is 11.0 Å². The Morgan fingerprint density at radius 2 is 2.21 bits per heavy atom. The Balaban J connectivity index is 1.65. The van der Waals surface area contributed by atoms with E-state index in [1.54, 1.807) is 10.8 Å². The lowest BCUT2D eigenvalue weighted by atomic mass is 10.2. The molecule has 2 aromatic rings. The zero-order valence-corrected chi connectivity index (χ0v) is 15.5. The molecule has 0 aliphatic heterocycles. The van der Waals surface area contributed by atoms with Gasteiger partial charge in [0.15, 0.2) is 0 Å². The average molecular weight is 366 g/mol. The number of anilines is 1. The van der Waals surface area contributed by atoms with Crippen molar-refractivity contribution in [2.75, 3.05) is 5.32 Å². The summed E-state index contributed by atoms with van der Waals surface area (Å²) in [5.41, 5.74) is 1.57. The third-order valence-corrected chi connectivity index (χ3v) is 5.05. The van der Waals surface area contributed by atoms with Gasteiger partial charge < -0.3 is 0 Å². The number of carbonyl (C=O) groups is 1. The van der Waals surface area contributed by atoms with Crippen molar-refractivity contribution in [2.45, 2.75) is 46.1 Å². The smallest absolute Gasteiger partial charge is 0.250 e. The van der Waals surface area contributed by atoms with Crippen LogP contribution in [0.1, 0.15) is 48.9 Å². The van der Waals surface area contributed by atoms with Gasteiger partial charge in [-0.1, -0.05) is 36.8 Å². The molecular formula is C16H20ClN5OS. The molecule has 1 saturated carbocycles. The Morgan fingerprint density at radius 1 is 1.46 bits per heavy atom. The first kappa shape index (κ1) is 17.1. The lowest BCUT2D eigenvalue weighted by molar-refractivity contribution is -0.111. The summed E-state index contributed by atoms with van der Waals surface area (Å²) in [5, 5.41) is 17.4. The van der Waals surface area contributed by atoms with Gasteiger partial charge in [-0.3, -0.25) is 14.8 Å². The second-order valence-corrected chi connectivity index (χ2v) is 7.78. The molecule has 1 aliphatic rings. The largest absolute Gasteiger partial charge is 0.297 e. The Labute approximate surface area is 149 Å². The van der Waals surface area contributed by atoms with Gasteiger partial charge in [0, 0.05) is 24.1 Å². The van der Waals surface area contributed by atoms with E-state index >= 15 is 0 Å². The summed E-state index contributed by atoms with van der Waals surface area (Å²) < 4.78 is 1.77. The van der Waals surface area contributed by atoms with Gasteiger partial charge in [-0.05, 0) is 31.8 Å². The fourth-order valence-electron chi connectivity index (χ4n) is 2.31. The van der Waals surface area contributed by atoms with Crippen LogP contribution in [0.3, 0.4) is 0 Å². The van der Waals surface area contributed by atoms with Crippen molar-refractivity contribution >= 4 is 40.1 Å². The molecule has 1 amide bonds. The van der Waals surface area contributed by atoms with Crippen molar-refractivity contribution in [3.05, 3.63) is 27.5 Å². The van der Waals surface area contributed by atoms with Crippen LogP contribution in [0.5, 0.6) is 0 Å². The summed E-state index contributed by atoms with van der Waals surface area (Å²) in [5.74, 6) is 0.734. The highest BCUT2D eigenvalue weighted by Gasteiger charge is 2.27. The maximum Gasteiger partial charge on any atom is 0.250 e. The summed E-state index contributed by atoms with van der Waals surface area (Å²) in [6, 6.07) is 0. The van der Waals surface area contributed by atoms with E-state index in [-0.39, 0.29) is 5.91 Å². The second kappa shape index (κ2) is 7.03. The molecule has 0 saturated heterocycles. The van der Waals surface area contributed by atoms with Crippen LogP contribution in [0, 0.1) is 12.8 Å². The van der Waals surface area contributed by atoms with Crippen LogP contribution >= 0.6 is 22.9 Å². The number of halogens is 1. The molecular weight excluding hydrogens is 346 g/mol. The molecule has 1 aliphatic carbocycles. The highest BCUT2D eigenvalue weighted by molar-refractivity contribution is 7.15. The van der Waals surface area contributed by atoms with Crippen LogP contribution in [0.15, 0.2) is 6.08 Å². The van der Waals surface area contributed by atoms with Crippen molar-refractivity contribution < 1.29 is 4.79 Å². The van der Waals surface area contributed by atoms with Gasteiger partial charge >= 0.3 is 0 Å². The van der Waals surface area contributed by atoms with Crippen molar-refractivity contribution in [3.8, 4) is 0 Å². The number of hydrogen-bond donors (Lipinski definition) is 1. The Hall–Kier alpha value is -1.73. The molecule has 0 radical (unpaired) electrons. The molecule has 0 bridgehead atoms. The average Bonchev–Trinajstić information content (AvgIpc) is 3.20. The topological polar surface area (TPSA) is 72.7 Å². The first-order valence-corrected chi connectivity index (χ1v) is 9.19. The van der Waals surface area contributed by atoms with Gasteiger partial charge in [0.1, 0.15) is 10.2 Å². The van der Waals surface area contributed by atoms with Crippen LogP contribution in [-0.2, 0) is 11.3 Å². The van der Waals surface area contributed by atoms with E-state index in [0.29, 0.717) is 22.1 Å². The first-order chi connectivity index (χ1) is 11.4. The lowest BCUT2D eigenvalue weighted by Gasteiger charge is -2.05. The summed E-state index contributed by atoms with van der Waals surface area (Å²) >= 11 is 7.80. The number of nitrogens with zero attached hydrogens (tertiary/aromatic N) is 4. The summed E-state index contributed by atoms with van der Waals surface area (Å²) in [4.78, 5) is 12.1. The minimum Gasteiger partial charge on any atom is -0.297 e. The van der Waals surface area contributed by atoms with Crippen molar-refractivity contribution in [3.63, 3.8) is 0 Å². The summed E-state index contributed by atoms with van der Waals surface area (Å²) in [6.45, 7) is 6.84. The van der Waals surface area contributed by atoms with E-state index in [9.17, 15) is 4.79 Å². The Bertz CT molecular complexity index is 776. The predicted octanol–water partition coefficient (Wildman–Crippen LogP) is 3.88. The van der Waals surface area contributed by atoms with E-state index < -0.39 is 0 Å². The van der Waals surface area contributed by atoms with Crippen LogP contribution in [-0.4, -0.2) is 25.9 Å². The molecule has 24 heavy (non-hydrogen) atoms. The van der Waals surface area contributed by atoms with Crippen molar-refractivity contribution in [1.82, 2.24) is 20.0 Å². The van der Waals surface area contributed by atoms with Gasteiger partial charge in [0.25, 0.3) is 0 Å². The number of hydrogen-bond acceptors (Lipinski definition) is 5. The molecule has 0 aromatic carbocycles. The molecule has 8 heteroatoms. The molecule has 2 heterocycles. The van der Waals surface area contributed by atoms with Crippen LogP contribution < -0.4 is 5.32 Å². The van der Waals surface area contributed by atoms with Crippen molar-refractivity contribution in [2.24, 2.45) is 5.92 Å². The predicted molar refractivity (Wildman–Crippen MR) is 96.4 cm³/mol. The number of nitrogens with one attached hydrogen (secondary N) is 1. The highest BCUT2D eigenvalue weighted by Crippen LogP contribution is 2.42. The number of aryl methyl sites for hydroxylation is 1. The summed E-state index contributed by atoms with van der Waals surface area (Å²) in [7, 11) is 0. The molecule has 1 N–H and O–H groups in total. The zero-order chi connectivity index (χ0) is 17.3. The maximum absolute atomic E-state index is 12.1. The monoisotopic (exact) mass is 365 g/mol. The second-order valence-electron chi connectivity index (χ2n) is 6.41. The standard InChI is InChI=1S/C16H20ClN5OS/c1-9(2)8-22-14(17)12(10(3)21-22)6-7-13(23)18-16-20-19-15(24-16)11-4-5-11/h6-7,9,11H,4-5,8H2,1-3H3,(H,18,20,23). The maximum atomic E-state index is 12.1. The lowest BCUT2D eigenvalue weighted by Crippen LogP contribution is -2.07. The Morgan fingerprint density at radius 3 is 2.88 bits per heavy atom. The fourth-order valence-corrected chi connectivity index (χ4v) is 3.53. The Kier molecular flexibility index (Phi) is 5.01. The summed E-state index contributed by atoms with van der Waals surface area (Å²) in [6.07, 6.45) is 5.48. The van der Waals surface area contributed by atoms with Gasteiger partial charge in [0.05, 0.1) is 5.69 Å². The number of amides is 1. The van der Waals surface area contributed by atoms with Crippen LogP contribution in [0.4, 0.5) is 5.13 Å². The third kappa shape index (κ3) is 4.02. The fraction of sp³-hybridized carbons (Fsp3) is 0.500. The van der Waals surface area contributed by atoms with E-state index in [4.69, 9.17) is 11.6 Å². The number of aromatic nitrogens is 4. The highest BCUT2D eigenvalue weighted by atomic mass is 35.5. The number of rotatable bonds is 6. The van der Waals surface area contributed by atoms with Gasteiger partial charge in [-0.15, -0.1) is 10.2 Å². The van der Waals surface area contributed by atoms with Gasteiger partial charge in [-0.2, -0.15) is 5.10 Å². The quantitative estimate of drug-likeness (QED) is 0.788. The molecule has 128 valence electrons. The van der Waals surface area contributed by atoms with Crippen molar-refractivity contribution in [1.29, 1.82) is 0 Å². The first-order valence-electron chi connectivity index (χ1n) is 7.99. The van der Waals surface area contributed by atoms with E-state index in [1.165, 1.54) is 30.3 Å². The SMILES string of the molecule is Cc1nn(CC(C)C)c(Cl)c1C=CC(=O)Nc1nnc(C2CC2)s1. The molecule has 0 spiro atoms. The van der Waals surface area contributed by atoms with E-state index in [2.05, 4.69) is 34.5 Å². The minimum atomic E-state index is -0.249. The molecule has 0 unspecified atom stereocenters. The van der Waals surface area contributed by atoms with Gasteiger partial charge in [-0.25, -0.2) is 0 Å². The normalized spacial score (nSPS) is 14.7. The van der Waals surface area contributed by atoms with Crippen LogP contribution in [0.25, 0.3) is 6.08 Å². The molecule has 3 rings (SSSR count). The zero-order valence-electron chi connectivity index (χ0n) is 13.9. The molecule has 1 fully saturated rings. The van der Waals surface area contributed by atoms with E-state index in [1.807, 2.05) is 6.92 Å². The third-order valence-electron chi connectivity index (χ3n) is 3.65. The number of carbonyl (C=O) groups excluding carboxylic acids is 1.